The van der Waals surface area contributed by atoms with E-state index in [0.29, 0.717) is 0 Å². The van der Waals surface area contributed by atoms with Crippen LogP contribution in [0, 0.1) is 5.92 Å². The van der Waals surface area contributed by atoms with Crippen LogP contribution in [0.3, 0.4) is 0 Å². The maximum atomic E-state index is 3.19. The molecule has 2 nitrogen and oxygen atoms in total. The van der Waals surface area contributed by atoms with Crippen molar-refractivity contribution in [3.8, 4) is 0 Å². The Kier molecular flexibility index (Phi) is 6.20. The minimum atomic E-state index is 1.04. The van der Waals surface area contributed by atoms with E-state index >= 15 is 0 Å². The van der Waals surface area contributed by atoms with Gasteiger partial charge in [0.1, 0.15) is 0 Å². The largest absolute Gasteiger partial charge is 0.320 e. The third kappa shape index (κ3) is 4.97. The Hall–Kier alpha value is -0.0800. The molecule has 2 heteroatoms. The van der Waals surface area contributed by atoms with Crippen molar-refractivity contribution in [3.63, 3.8) is 0 Å². The summed E-state index contributed by atoms with van der Waals surface area (Å²) in [5.74, 6) is 1.04. The van der Waals surface area contributed by atoms with Gasteiger partial charge in [-0.2, -0.15) is 0 Å². The summed E-state index contributed by atoms with van der Waals surface area (Å²) in [6, 6.07) is 0. The van der Waals surface area contributed by atoms with Crippen LogP contribution in [-0.2, 0) is 0 Å². The van der Waals surface area contributed by atoms with E-state index in [-0.39, 0.29) is 0 Å². The summed E-state index contributed by atoms with van der Waals surface area (Å²) < 4.78 is 0. The molecule has 0 saturated heterocycles. The van der Waals surface area contributed by atoms with Gasteiger partial charge in [-0.25, -0.2) is 0 Å². The van der Waals surface area contributed by atoms with Crippen molar-refractivity contribution in [2.45, 2.75) is 38.5 Å². The molecule has 0 spiro atoms. The highest BCUT2D eigenvalue weighted by atomic mass is 15.1. The van der Waals surface area contributed by atoms with Crippen LogP contribution in [0.5, 0.6) is 0 Å². The summed E-state index contributed by atoms with van der Waals surface area (Å²) in [5.41, 5.74) is 0. The molecule has 0 atom stereocenters. The standard InChI is InChI=1S/C12H26N2/c1-13-9-5-10-14(2)11-8-12-6-3-4-7-12/h12-13H,3-11H2,1-2H3. The molecule has 0 aromatic carbocycles. The Balaban J connectivity index is 1.93. The Morgan fingerprint density at radius 1 is 1.21 bits per heavy atom. The van der Waals surface area contributed by atoms with Crippen molar-refractivity contribution in [1.29, 1.82) is 0 Å². The molecule has 0 radical (unpaired) electrons. The molecule has 0 aliphatic heterocycles. The van der Waals surface area contributed by atoms with E-state index in [2.05, 4.69) is 17.3 Å². The SMILES string of the molecule is CNCCCN(C)CCC1CCCC1. The maximum Gasteiger partial charge on any atom is -0.000969 e. The predicted octanol–water partition coefficient (Wildman–Crippen LogP) is 2.11. The molecule has 1 saturated carbocycles. The van der Waals surface area contributed by atoms with Crippen LogP contribution in [0.15, 0.2) is 0 Å². The first-order chi connectivity index (χ1) is 6.83. The second-order valence-corrected chi connectivity index (χ2v) is 4.70. The van der Waals surface area contributed by atoms with Crippen molar-refractivity contribution < 1.29 is 0 Å². The van der Waals surface area contributed by atoms with E-state index in [9.17, 15) is 0 Å². The van der Waals surface area contributed by atoms with E-state index in [1.54, 1.807) is 0 Å². The summed E-state index contributed by atoms with van der Waals surface area (Å²) in [7, 11) is 4.28. The average molecular weight is 198 g/mol. The second-order valence-electron chi connectivity index (χ2n) is 4.70. The molecule has 1 fully saturated rings. The maximum absolute atomic E-state index is 3.19. The van der Waals surface area contributed by atoms with E-state index in [4.69, 9.17) is 0 Å². The van der Waals surface area contributed by atoms with Crippen LogP contribution in [0.25, 0.3) is 0 Å². The van der Waals surface area contributed by atoms with Crippen molar-refractivity contribution >= 4 is 0 Å². The monoisotopic (exact) mass is 198 g/mol. The van der Waals surface area contributed by atoms with Crippen LogP contribution in [0.2, 0.25) is 0 Å². The molecule has 14 heavy (non-hydrogen) atoms. The second kappa shape index (κ2) is 7.24. The Morgan fingerprint density at radius 2 is 1.93 bits per heavy atom. The van der Waals surface area contributed by atoms with E-state index in [0.717, 1.165) is 12.5 Å². The zero-order chi connectivity index (χ0) is 10.2. The van der Waals surface area contributed by atoms with Crippen LogP contribution in [0.4, 0.5) is 0 Å². The highest BCUT2D eigenvalue weighted by molar-refractivity contribution is 4.68. The molecule has 0 aromatic heterocycles. The van der Waals surface area contributed by atoms with Crippen molar-refractivity contribution in [1.82, 2.24) is 10.2 Å². The van der Waals surface area contributed by atoms with Gasteiger partial charge in [-0.05, 0) is 52.5 Å². The summed E-state index contributed by atoms with van der Waals surface area (Å²) in [6.07, 6.45) is 8.64. The Bertz CT molecular complexity index is 130. The molecule has 1 aliphatic rings. The lowest BCUT2D eigenvalue weighted by Crippen LogP contribution is -2.24. The fourth-order valence-electron chi connectivity index (χ4n) is 2.34. The van der Waals surface area contributed by atoms with Gasteiger partial charge < -0.3 is 10.2 Å². The van der Waals surface area contributed by atoms with Crippen LogP contribution >= 0.6 is 0 Å². The normalized spacial score (nSPS) is 18.2. The Labute approximate surface area is 89.1 Å². The van der Waals surface area contributed by atoms with Gasteiger partial charge in [-0.15, -0.1) is 0 Å². The van der Waals surface area contributed by atoms with Gasteiger partial charge >= 0.3 is 0 Å². The van der Waals surface area contributed by atoms with Gasteiger partial charge in [-0.1, -0.05) is 25.7 Å². The lowest BCUT2D eigenvalue weighted by molar-refractivity contribution is 0.297. The number of rotatable bonds is 7. The van der Waals surface area contributed by atoms with Crippen LogP contribution in [0.1, 0.15) is 38.5 Å². The van der Waals surface area contributed by atoms with Gasteiger partial charge in [0.05, 0.1) is 0 Å². The number of hydrogen-bond donors (Lipinski definition) is 1. The molecule has 0 heterocycles. The van der Waals surface area contributed by atoms with Crippen LogP contribution < -0.4 is 5.32 Å². The smallest absolute Gasteiger partial charge is 0.000969 e. The summed E-state index contributed by atoms with van der Waals surface area (Å²) >= 11 is 0. The van der Waals surface area contributed by atoms with Crippen LogP contribution in [-0.4, -0.2) is 38.6 Å². The van der Waals surface area contributed by atoms with Crippen molar-refractivity contribution in [3.05, 3.63) is 0 Å². The number of nitrogens with zero attached hydrogens (tertiary/aromatic N) is 1. The average Bonchev–Trinajstić information content (AvgIpc) is 2.68. The highest BCUT2D eigenvalue weighted by Gasteiger charge is 2.14. The third-order valence-electron chi connectivity index (χ3n) is 3.36. The zero-order valence-electron chi connectivity index (χ0n) is 9.89. The first-order valence-corrected chi connectivity index (χ1v) is 6.16. The van der Waals surface area contributed by atoms with Gasteiger partial charge in [0.2, 0.25) is 0 Å². The van der Waals surface area contributed by atoms with Crippen molar-refractivity contribution in [2.75, 3.05) is 33.7 Å². The molecule has 0 bridgehead atoms. The molecule has 1 aliphatic carbocycles. The molecule has 1 N–H and O–H groups in total. The lowest BCUT2D eigenvalue weighted by atomic mass is 10.0. The van der Waals surface area contributed by atoms with E-state index in [1.165, 1.54) is 51.6 Å². The van der Waals surface area contributed by atoms with E-state index < -0.39 is 0 Å². The molecular weight excluding hydrogens is 172 g/mol. The quantitative estimate of drug-likeness (QED) is 0.630. The van der Waals surface area contributed by atoms with Gasteiger partial charge in [0.25, 0.3) is 0 Å². The van der Waals surface area contributed by atoms with E-state index in [1.807, 2.05) is 7.05 Å². The molecule has 0 unspecified atom stereocenters. The van der Waals surface area contributed by atoms with Gasteiger partial charge in [0, 0.05) is 0 Å². The number of hydrogen-bond acceptors (Lipinski definition) is 2. The summed E-state index contributed by atoms with van der Waals surface area (Å²) in [6.45, 7) is 3.69. The fourth-order valence-corrected chi connectivity index (χ4v) is 2.34. The zero-order valence-corrected chi connectivity index (χ0v) is 9.89. The minimum Gasteiger partial charge on any atom is -0.320 e. The number of nitrogens with one attached hydrogen (secondary N) is 1. The first kappa shape index (κ1) is 12.0. The summed E-state index contributed by atoms with van der Waals surface area (Å²) in [4.78, 5) is 2.48. The van der Waals surface area contributed by atoms with Gasteiger partial charge in [-0.3, -0.25) is 0 Å². The lowest BCUT2D eigenvalue weighted by Gasteiger charge is -2.18. The molecule has 1 rings (SSSR count). The predicted molar refractivity (Wildman–Crippen MR) is 62.6 cm³/mol. The third-order valence-corrected chi connectivity index (χ3v) is 3.36. The topological polar surface area (TPSA) is 15.3 Å². The fraction of sp³-hybridized carbons (Fsp3) is 1.00. The summed E-state index contributed by atoms with van der Waals surface area (Å²) in [5, 5.41) is 3.19. The van der Waals surface area contributed by atoms with Gasteiger partial charge in [0.15, 0.2) is 0 Å². The molecule has 84 valence electrons. The molecular formula is C12H26N2. The Morgan fingerprint density at radius 3 is 2.57 bits per heavy atom. The van der Waals surface area contributed by atoms with Crippen molar-refractivity contribution in [2.24, 2.45) is 5.92 Å². The first-order valence-electron chi connectivity index (χ1n) is 6.16. The minimum absolute atomic E-state index is 1.04. The molecule has 0 aromatic rings. The highest BCUT2D eigenvalue weighted by Crippen LogP contribution is 2.27. The molecule has 0 amide bonds.